The zero-order chi connectivity index (χ0) is 17.9. The molecule has 8 heteroatoms. The van der Waals surface area contributed by atoms with Gasteiger partial charge in [-0.1, -0.05) is 0 Å². The quantitative estimate of drug-likeness (QED) is 0.565. The Morgan fingerprint density at radius 3 is 2.79 bits per heavy atom. The van der Waals surface area contributed by atoms with Gasteiger partial charge in [0.15, 0.2) is 5.69 Å². The largest absolute Gasteiger partial charge is 0.402 e. The first-order chi connectivity index (χ1) is 11.3. The van der Waals surface area contributed by atoms with E-state index in [1.807, 2.05) is 28.7 Å². The molecule has 0 amide bonds. The average molecular weight is 439 g/mol. The number of aliphatic hydroxyl groups is 1. The third kappa shape index (κ3) is 4.18. The van der Waals surface area contributed by atoms with Crippen LogP contribution in [0.5, 0.6) is 0 Å². The number of aromatic nitrogens is 2. The fourth-order valence-electron chi connectivity index (χ4n) is 2.06. The summed E-state index contributed by atoms with van der Waals surface area (Å²) in [4.78, 5) is 4.40. The number of allylic oxidation sites excluding steroid dienone is 1. The highest BCUT2D eigenvalue weighted by molar-refractivity contribution is 14.1. The lowest BCUT2D eigenvalue weighted by Crippen LogP contribution is -2.15. The Morgan fingerprint density at radius 2 is 2.25 bits per heavy atom. The molecule has 0 radical (unpaired) electrons. The lowest BCUT2D eigenvalue weighted by atomic mass is 10.1. The number of nitrogens with zero attached hydrogens (tertiary/aromatic N) is 4. The smallest absolute Gasteiger partial charge is 0.162 e. The average Bonchev–Trinajstić information content (AvgIpc) is 2.89. The number of hydrogen-bond acceptors (Lipinski definition) is 5. The first-order valence-electron chi connectivity index (χ1n) is 6.91. The number of rotatable bonds is 4. The highest BCUT2D eigenvalue weighted by atomic mass is 127. The van der Waals surface area contributed by atoms with Crippen LogP contribution in [0.1, 0.15) is 24.4 Å². The van der Waals surface area contributed by atoms with Gasteiger partial charge in [0, 0.05) is 22.4 Å². The summed E-state index contributed by atoms with van der Waals surface area (Å²) in [5.41, 5.74) is 7.55. The molecule has 0 spiro atoms. The molecule has 124 valence electrons. The van der Waals surface area contributed by atoms with Gasteiger partial charge >= 0.3 is 0 Å². The second kappa shape index (κ2) is 7.55. The van der Waals surface area contributed by atoms with Crippen LogP contribution in [-0.2, 0) is 7.05 Å². The van der Waals surface area contributed by atoms with Crippen molar-refractivity contribution in [2.45, 2.75) is 13.0 Å². The van der Waals surface area contributed by atoms with Crippen molar-refractivity contribution < 1.29 is 9.50 Å². The fraction of sp³-hybridized carbons (Fsp3) is 0.188. The molecule has 1 aromatic carbocycles. The summed E-state index contributed by atoms with van der Waals surface area (Å²) >= 11 is 1.97. The molecule has 1 heterocycles. The number of benzene rings is 1. The summed E-state index contributed by atoms with van der Waals surface area (Å²) in [6.45, 7) is 1.67. The highest BCUT2D eigenvalue weighted by Gasteiger charge is 2.19. The first kappa shape index (κ1) is 18.1. The monoisotopic (exact) mass is 439 g/mol. The van der Waals surface area contributed by atoms with Gasteiger partial charge in [0.1, 0.15) is 18.0 Å². The third-order valence-electron chi connectivity index (χ3n) is 3.13. The van der Waals surface area contributed by atoms with Crippen LogP contribution < -0.4 is 5.73 Å². The molecule has 1 atom stereocenters. The van der Waals surface area contributed by atoms with Crippen molar-refractivity contribution in [3.05, 3.63) is 56.8 Å². The van der Waals surface area contributed by atoms with E-state index in [-0.39, 0.29) is 17.2 Å². The second-order valence-electron chi connectivity index (χ2n) is 5.11. The van der Waals surface area contributed by atoms with Crippen LogP contribution in [0, 0.1) is 20.7 Å². The molecule has 0 aliphatic heterocycles. The van der Waals surface area contributed by atoms with Crippen LogP contribution >= 0.6 is 22.6 Å². The van der Waals surface area contributed by atoms with E-state index >= 15 is 0 Å². The van der Waals surface area contributed by atoms with Gasteiger partial charge in [-0.25, -0.2) is 9.38 Å². The van der Waals surface area contributed by atoms with Crippen molar-refractivity contribution in [3.8, 4) is 6.07 Å². The van der Waals surface area contributed by atoms with Crippen molar-refractivity contribution in [2.75, 3.05) is 0 Å². The van der Waals surface area contributed by atoms with E-state index in [0.29, 0.717) is 20.6 Å². The van der Waals surface area contributed by atoms with E-state index in [1.165, 1.54) is 35.0 Å². The Balaban J connectivity index is 2.52. The van der Waals surface area contributed by atoms with E-state index in [4.69, 9.17) is 11.0 Å². The molecule has 0 aliphatic rings. The lowest BCUT2D eigenvalue weighted by Gasteiger charge is -2.12. The van der Waals surface area contributed by atoms with Gasteiger partial charge in [0.2, 0.25) is 0 Å². The summed E-state index contributed by atoms with van der Waals surface area (Å²) in [6, 6.07) is 7.57. The summed E-state index contributed by atoms with van der Waals surface area (Å²) in [7, 11) is 1.62. The normalized spacial score (nSPS) is 13.7. The number of aryl methyl sites for hydroxylation is 1. The number of halogens is 2. The third-order valence-corrected chi connectivity index (χ3v) is 3.99. The van der Waals surface area contributed by atoms with Crippen LogP contribution in [0.15, 0.2) is 41.0 Å². The van der Waals surface area contributed by atoms with Crippen molar-refractivity contribution >= 4 is 34.0 Å². The predicted molar refractivity (Wildman–Crippen MR) is 97.0 cm³/mol. The van der Waals surface area contributed by atoms with Gasteiger partial charge < -0.3 is 10.8 Å². The summed E-state index contributed by atoms with van der Waals surface area (Å²) < 4.78 is 15.2. The minimum atomic E-state index is -1.14. The molecule has 2 aromatic rings. The molecular weight excluding hydrogens is 424 g/mol. The van der Waals surface area contributed by atoms with Crippen LogP contribution in [0.4, 0.5) is 10.1 Å². The van der Waals surface area contributed by atoms with Crippen molar-refractivity contribution in [1.82, 2.24) is 9.78 Å². The van der Waals surface area contributed by atoms with Crippen molar-refractivity contribution in [1.29, 1.82) is 5.26 Å². The Kier molecular flexibility index (Phi) is 5.69. The fourth-order valence-corrected chi connectivity index (χ4v) is 2.66. The Bertz CT molecular complexity index is 862. The van der Waals surface area contributed by atoms with E-state index in [9.17, 15) is 9.50 Å². The molecule has 1 unspecified atom stereocenters. The Hall–Kier alpha value is -2.25. The minimum absolute atomic E-state index is 0.190. The van der Waals surface area contributed by atoms with Crippen LogP contribution in [0.3, 0.4) is 0 Å². The number of aliphatic imine (C=N–C) groups is 1. The number of aliphatic hydroxyl groups excluding tert-OH is 1. The van der Waals surface area contributed by atoms with Gasteiger partial charge in [-0.3, -0.25) is 4.68 Å². The summed E-state index contributed by atoms with van der Waals surface area (Å²) in [5, 5.41) is 23.6. The summed E-state index contributed by atoms with van der Waals surface area (Å²) in [5.74, 6) is -0.365. The molecule has 24 heavy (non-hydrogen) atoms. The summed E-state index contributed by atoms with van der Waals surface area (Å²) in [6.07, 6.45) is 0.396. The van der Waals surface area contributed by atoms with E-state index < -0.39 is 6.10 Å². The topological polar surface area (TPSA) is 100 Å². The van der Waals surface area contributed by atoms with E-state index in [2.05, 4.69) is 10.1 Å². The SMILES string of the molecule is CC(N)=CC(=Nc1ccc(F)cc1I)C(O)c1cc(C#N)nn1C. The molecular formula is C16H15FIN5O. The number of nitrogens with two attached hydrogens (primary N) is 1. The molecule has 0 fully saturated rings. The molecule has 0 saturated heterocycles. The maximum Gasteiger partial charge on any atom is 0.162 e. The van der Waals surface area contributed by atoms with Gasteiger partial charge in [-0.2, -0.15) is 10.4 Å². The molecule has 3 N–H and O–H groups in total. The molecule has 6 nitrogen and oxygen atoms in total. The molecule has 1 aromatic heterocycles. The molecule has 0 aliphatic carbocycles. The highest BCUT2D eigenvalue weighted by Crippen LogP contribution is 2.25. The maximum absolute atomic E-state index is 13.2. The van der Waals surface area contributed by atoms with E-state index in [1.54, 1.807) is 14.0 Å². The molecule has 0 saturated carbocycles. The van der Waals surface area contributed by atoms with Gasteiger partial charge in [0.05, 0.1) is 17.1 Å². The van der Waals surface area contributed by atoms with Crippen LogP contribution in [-0.4, -0.2) is 20.6 Å². The van der Waals surface area contributed by atoms with Crippen molar-refractivity contribution in [2.24, 2.45) is 17.8 Å². The zero-order valence-electron chi connectivity index (χ0n) is 13.0. The lowest BCUT2D eigenvalue weighted by molar-refractivity contribution is 0.237. The number of nitriles is 1. The van der Waals surface area contributed by atoms with Gasteiger partial charge in [0.25, 0.3) is 0 Å². The standard InChI is InChI=1S/C16H15FIN5O/c1-9(20)5-14(21-13-4-3-10(17)6-12(13)18)16(24)15-7-11(8-19)22-23(15)2/h3-7,16,24H,20H2,1-2H3. The Morgan fingerprint density at radius 1 is 1.54 bits per heavy atom. The van der Waals surface area contributed by atoms with Gasteiger partial charge in [-0.15, -0.1) is 0 Å². The number of hydrogen-bond donors (Lipinski definition) is 2. The van der Waals surface area contributed by atoms with Gasteiger partial charge in [-0.05, 0) is 53.8 Å². The zero-order valence-corrected chi connectivity index (χ0v) is 15.2. The predicted octanol–water partition coefficient (Wildman–Crippen LogP) is 2.70. The molecule has 2 rings (SSSR count). The van der Waals surface area contributed by atoms with Crippen molar-refractivity contribution in [3.63, 3.8) is 0 Å². The second-order valence-corrected chi connectivity index (χ2v) is 6.28. The molecule has 0 bridgehead atoms. The van der Waals surface area contributed by atoms with Crippen LogP contribution in [0.25, 0.3) is 0 Å². The first-order valence-corrected chi connectivity index (χ1v) is 7.99. The van der Waals surface area contributed by atoms with E-state index in [0.717, 1.165) is 0 Å². The maximum atomic E-state index is 13.2. The minimum Gasteiger partial charge on any atom is -0.402 e. The Labute approximate surface area is 152 Å². The van der Waals surface area contributed by atoms with Crippen LogP contribution in [0.2, 0.25) is 0 Å².